The second-order valence-electron chi connectivity index (χ2n) is 6.08. The summed E-state index contributed by atoms with van der Waals surface area (Å²) in [4.78, 5) is 24.1. The Bertz CT molecular complexity index is 933. The molecule has 9 heteroatoms. The van der Waals surface area contributed by atoms with E-state index < -0.39 is 28.4 Å². The Hall–Kier alpha value is -2.78. The van der Waals surface area contributed by atoms with Gasteiger partial charge in [0.25, 0.3) is 0 Å². The van der Waals surface area contributed by atoms with E-state index in [0.717, 1.165) is 25.2 Å². The van der Waals surface area contributed by atoms with Gasteiger partial charge in [-0.25, -0.2) is 13.2 Å². The van der Waals surface area contributed by atoms with Gasteiger partial charge in [0, 0.05) is 30.8 Å². The second kappa shape index (κ2) is 7.85. The summed E-state index contributed by atoms with van der Waals surface area (Å²) in [6, 6.07) is 8.15. The number of esters is 1. The molecule has 0 atom stereocenters. The van der Waals surface area contributed by atoms with Gasteiger partial charge in [-0.05, 0) is 37.1 Å². The number of ketones is 1. The number of hydrogen-bond donors (Lipinski definition) is 0. The SMILES string of the molecule is O=C(COC(=O)c1cc[n+]([O-])cc1)c1ccc(S(=O)(=O)N2CCCC2)cc1. The number of Topliss-reactive ketones (excluding diaryl/α,β-unsaturated/α-hetero) is 1. The first kappa shape index (κ1) is 19.0. The Kier molecular flexibility index (Phi) is 5.52. The highest BCUT2D eigenvalue weighted by molar-refractivity contribution is 7.89. The van der Waals surface area contributed by atoms with Crippen LogP contribution in [-0.2, 0) is 14.8 Å². The second-order valence-corrected chi connectivity index (χ2v) is 8.02. The lowest BCUT2D eigenvalue weighted by Crippen LogP contribution is -2.27. The van der Waals surface area contributed by atoms with E-state index in [9.17, 15) is 23.2 Å². The third-order valence-corrected chi connectivity index (χ3v) is 6.16. The predicted molar refractivity (Wildman–Crippen MR) is 94.4 cm³/mol. The summed E-state index contributed by atoms with van der Waals surface area (Å²) >= 11 is 0. The zero-order valence-electron chi connectivity index (χ0n) is 14.4. The van der Waals surface area contributed by atoms with Crippen LogP contribution in [0.15, 0.2) is 53.7 Å². The van der Waals surface area contributed by atoms with Gasteiger partial charge in [0.1, 0.15) is 0 Å². The van der Waals surface area contributed by atoms with Crippen molar-refractivity contribution in [2.45, 2.75) is 17.7 Å². The van der Waals surface area contributed by atoms with Crippen molar-refractivity contribution in [2.24, 2.45) is 0 Å². The molecule has 0 bridgehead atoms. The molecule has 0 N–H and O–H groups in total. The molecule has 142 valence electrons. The topological polar surface area (TPSA) is 108 Å². The van der Waals surface area contributed by atoms with Crippen molar-refractivity contribution in [2.75, 3.05) is 19.7 Å². The van der Waals surface area contributed by atoms with Crippen LogP contribution in [-0.4, -0.2) is 44.2 Å². The zero-order chi connectivity index (χ0) is 19.4. The highest BCUT2D eigenvalue weighted by Gasteiger charge is 2.27. The van der Waals surface area contributed by atoms with Crippen molar-refractivity contribution in [1.82, 2.24) is 4.31 Å². The molecule has 3 rings (SSSR count). The van der Waals surface area contributed by atoms with Crippen LogP contribution in [0.3, 0.4) is 0 Å². The molecule has 0 spiro atoms. The van der Waals surface area contributed by atoms with Gasteiger partial charge in [-0.1, -0.05) is 0 Å². The summed E-state index contributed by atoms with van der Waals surface area (Å²) in [5.41, 5.74) is 0.399. The average molecular weight is 390 g/mol. The summed E-state index contributed by atoms with van der Waals surface area (Å²) in [6.07, 6.45) is 3.99. The number of pyridine rings is 1. The number of benzene rings is 1. The first-order chi connectivity index (χ1) is 12.9. The summed E-state index contributed by atoms with van der Waals surface area (Å²) in [5, 5.41) is 10.9. The van der Waals surface area contributed by atoms with Crippen molar-refractivity contribution < 1.29 is 27.5 Å². The van der Waals surface area contributed by atoms with E-state index in [1.165, 1.54) is 40.7 Å². The molecule has 0 aliphatic carbocycles. The van der Waals surface area contributed by atoms with Crippen molar-refractivity contribution in [3.63, 3.8) is 0 Å². The van der Waals surface area contributed by atoms with E-state index in [2.05, 4.69) is 0 Å². The minimum absolute atomic E-state index is 0.133. The monoisotopic (exact) mass is 390 g/mol. The third-order valence-electron chi connectivity index (χ3n) is 4.25. The maximum atomic E-state index is 12.5. The first-order valence-electron chi connectivity index (χ1n) is 8.37. The van der Waals surface area contributed by atoms with Gasteiger partial charge < -0.3 is 9.94 Å². The molecule has 1 aliphatic rings. The molecule has 0 radical (unpaired) electrons. The van der Waals surface area contributed by atoms with E-state index in [1.807, 2.05) is 0 Å². The van der Waals surface area contributed by atoms with Gasteiger partial charge in [-0.3, -0.25) is 4.79 Å². The molecule has 8 nitrogen and oxygen atoms in total. The molecular formula is C18H18N2O6S. The zero-order valence-corrected chi connectivity index (χ0v) is 15.2. The van der Waals surface area contributed by atoms with Crippen LogP contribution in [0.1, 0.15) is 33.6 Å². The minimum atomic E-state index is -3.54. The molecule has 1 aromatic carbocycles. The van der Waals surface area contributed by atoms with E-state index in [4.69, 9.17) is 4.74 Å². The predicted octanol–water partition coefficient (Wildman–Crippen LogP) is 1.14. The van der Waals surface area contributed by atoms with Crippen molar-refractivity contribution >= 4 is 21.8 Å². The lowest BCUT2D eigenvalue weighted by Gasteiger charge is -2.15. The van der Waals surface area contributed by atoms with Crippen LogP contribution in [0.25, 0.3) is 0 Å². The number of ether oxygens (including phenoxy) is 1. The van der Waals surface area contributed by atoms with E-state index >= 15 is 0 Å². The van der Waals surface area contributed by atoms with Gasteiger partial charge >= 0.3 is 5.97 Å². The van der Waals surface area contributed by atoms with Gasteiger partial charge in [0.05, 0.1) is 10.5 Å². The molecular weight excluding hydrogens is 372 g/mol. The normalized spacial score (nSPS) is 14.8. The molecule has 2 heterocycles. The van der Waals surface area contributed by atoms with Crippen LogP contribution in [0.2, 0.25) is 0 Å². The minimum Gasteiger partial charge on any atom is -0.619 e. The molecule has 0 saturated carbocycles. The Morgan fingerprint density at radius 2 is 1.59 bits per heavy atom. The van der Waals surface area contributed by atoms with Crippen LogP contribution < -0.4 is 4.73 Å². The standard InChI is InChI=1S/C18H18N2O6S/c21-17(13-26-18(22)15-7-11-19(23)12-8-15)14-3-5-16(6-4-14)27(24,25)20-9-1-2-10-20/h3-8,11-12H,1-2,9-10,13H2. The summed E-state index contributed by atoms with van der Waals surface area (Å²) in [6.45, 7) is 0.527. The maximum absolute atomic E-state index is 12.5. The van der Waals surface area contributed by atoms with Gasteiger partial charge in [0.2, 0.25) is 10.0 Å². The van der Waals surface area contributed by atoms with Crippen LogP contribution in [0.5, 0.6) is 0 Å². The summed E-state index contributed by atoms with van der Waals surface area (Å²) in [7, 11) is -3.54. The largest absolute Gasteiger partial charge is 0.619 e. The number of aromatic nitrogens is 1. The molecule has 0 amide bonds. The highest BCUT2D eigenvalue weighted by Crippen LogP contribution is 2.21. The lowest BCUT2D eigenvalue weighted by molar-refractivity contribution is -0.605. The van der Waals surface area contributed by atoms with Crippen molar-refractivity contribution in [3.05, 3.63) is 65.1 Å². The Morgan fingerprint density at radius 1 is 1.00 bits per heavy atom. The third kappa shape index (κ3) is 4.32. The van der Waals surface area contributed by atoms with Gasteiger partial charge in [-0.15, -0.1) is 0 Å². The molecule has 27 heavy (non-hydrogen) atoms. The smallest absolute Gasteiger partial charge is 0.339 e. The number of sulfonamides is 1. The average Bonchev–Trinajstić information content (AvgIpc) is 3.22. The van der Waals surface area contributed by atoms with Crippen LogP contribution >= 0.6 is 0 Å². The molecule has 1 aliphatic heterocycles. The van der Waals surface area contributed by atoms with Crippen LogP contribution in [0, 0.1) is 5.21 Å². The molecule has 2 aromatic rings. The lowest BCUT2D eigenvalue weighted by atomic mass is 10.1. The fourth-order valence-corrected chi connectivity index (χ4v) is 4.25. The van der Waals surface area contributed by atoms with Gasteiger partial charge in [-0.2, -0.15) is 9.04 Å². The fourth-order valence-electron chi connectivity index (χ4n) is 2.74. The highest BCUT2D eigenvalue weighted by atomic mass is 32.2. The number of carbonyl (C=O) groups excluding carboxylic acids is 2. The molecule has 1 saturated heterocycles. The van der Waals surface area contributed by atoms with Crippen molar-refractivity contribution in [3.8, 4) is 0 Å². The Labute approximate surface area is 156 Å². The maximum Gasteiger partial charge on any atom is 0.339 e. The Morgan fingerprint density at radius 3 is 2.19 bits per heavy atom. The number of carbonyl (C=O) groups is 2. The number of hydrogen-bond acceptors (Lipinski definition) is 6. The molecule has 1 fully saturated rings. The van der Waals surface area contributed by atoms with Crippen molar-refractivity contribution in [1.29, 1.82) is 0 Å². The number of nitrogens with zero attached hydrogens (tertiary/aromatic N) is 2. The van der Waals surface area contributed by atoms with E-state index in [1.54, 1.807) is 0 Å². The van der Waals surface area contributed by atoms with E-state index in [0.29, 0.717) is 17.8 Å². The Balaban J connectivity index is 1.62. The summed E-state index contributed by atoms with van der Waals surface area (Å²) in [5.74, 6) is -1.18. The number of rotatable bonds is 6. The fraction of sp³-hybridized carbons (Fsp3) is 0.278. The molecule has 0 unspecified atom stereocenters. The molecule has 1 aromatic heterocycles. The summed E-state index contributed by atoms with van der Waals surface area (Å²) < 4.78 is 31.8. The quantitative estimate of drug-likeness (QED) is 0.317. The van der Waals surface area contributed by atoms with Crippen LogP contribution in [0.4, 0.5) is 0 Å². The first-order valence-corrected chi connectivity index (χ1v) is 9.81. The van der Waals surface area contributed by atoms with E-state index in [-0.39, 0.29) is 16.0 Å². The van der Waals surface area contributed by atoms with Gasteiger partial charge in [0.15, 0.2) is 24.8 Å².